The van der Waals surface area contributed by atoms with Gasteiger partial charge in [-0.1, -0.05) is 53.9 Å². The summed E-state index contributed by atoms with van der Waals surface area (Å²) in [7, 11) is 0. The lowest BCUT2D eigenvalue weighted by Crippen LogP contribution is -1.98. The maximum absolute atomic E-state index is 13.3. The Labute approximate surface area is 123 Å². The second-order valence-corrected chi connectivity index (χ2v) is 5.72. The SMILES string of the molecule is CSc1nc(F)cc2nc(SCc3ccccc3)nn12. The van der Waals surface area contributed by atoms with Crippen molar-refractivity contribution in [1.82, 2.24) is 19.6 Å². The molecule has 0 atom stereocenters. The van der Waals surface area contributed by atoms with Gasteiger partial charge in [0.25, 0.3) is 0 Å². The zero-order valence-electron chi connectivity index (χ0n) is 10.7. The number of hydrogen-bond acceptors (Lipinski definition) is 5. The van der Waals surface area contributed by atoms with E-state index in [0.717, 1.165) is 5.75 Å². The van der Waals surface area contributed by atoms with Gasteiger partial charge in [0.15, 0.2) is 10.8 Å². The zero-order chi connectivity index (χ0) is 13.9. The summed E-state index contributed by atoms with van der Waals surface area (Å²) in [5, 5.41) is 5.48. The van der Waals surface area contributed by atoms with Crippen molar-refractivity contribution in [1.29, 1.82) is 0 Å². The Kier molecular flexibility index (Phi) is 3.88. The van der Waals surface area contributed by atoms with Crippen molar-refractivity contribution in [2.24, 2.45) is 0 Å². The number of aromatic nitrogens is 4. The molecule has 2 aromatic heterocycles. The van der Waals surface area contributed by atoms with E-state index in [9.17, 15) is 4.39 Å². The molecule has 3 rings (SSSR count). The van der Waals surface area contributed by atoms with Crippen LogP contribution < -0.4 is 0 Å². The van der Waals surface area contributed by atoms with Crippen LogP contribution in [0, 0.1) is 5.95 Å². The van der Waals surface area contributed by atoms with E-state index in [-0.39, 0.29) is 0 Å². The molecule has 0 fully saturated rings. The highest BCUT2D eigenvalue weighted by molar-refractivity contribution is 7.98. The van der Waals surface area contributed by atoms with Crippen molar-refractivity contribution < 1.29 is 4.39 Å². The first-order valence-electron chi connectivity index (χ1n) is 5.90. The number of nitrogens with zero attached hydrogens (tertiary/aromatic N) is 4. The Morgan fingerprint density at radius 1 is 1.20 bits per heavy atom. The Morgan fingerprint density at radius 3 is 2.75 bits per heavy atom. The Balaban J connectivity index is 1.86. The number of benzene rings is 1. The Morgan fingerprint density at radius 2 is 2.00 bits per heavy atom. The van der Waals surface area contributed by atoms with Crippen LogP contribution in [0.15, 0.2) is 46.7 Å². The first-order chi connectivity index (χ1) is 9.76. The van der Waals surface area contributed by atoms with E-state index in [4.69, 9.17) is 0 Å². The third-order valence-corrected chi connectivity index (χ3v) is 4.18. The fourth-order valence-corrected chi connectivity index (χ4v) is 3.00. The van der Waals surface area contributed by atoms with Gasteiger partial charge in [-0.05, 0) is 11.8 Å². The molecule has 0 aliphatic rings. The van der Waals surface area contributed by atoms with Crippen LogP contribution in [0.1, 0.15) is 5.56 Å². The molecule has 4 nitrogen and oxygen atoms in total. The van der Waals surface area contributed by atoms with E-state index in [2.05, 4.69) is 27.2 Å². The average Bonchev–Trinajstić information content (AvgIpc) is 2.88. The minimum Gasteiger partial charge on any atom is -0.201 e. The molecular formula is C13H11FN4S2. The van der Waals surface area contributed by atoms with Gasteiger partial charge >= 0.3 is 0 Å². The van der Waals surface area contributed by atoms with Crippen LogP contribution in [0.3, 0.4) is 0 Å². The summed E-state index contributed by atoms with van der Waals surface area (Å²) in [5.74, 6) is 0.247. The minimum absolute atomic E-state index is 0.484. The molecule has 1 aromatic carbocycles. The lowest BCUT2D eigenvalue weighted by molar-refractivity contribution is 0.554. The molecule has 0 amide bonds. The Hall–Kier alpha value is -1.60. The van der Waals surface area contributed by atoms with Gasteiger partial charge in [-0.25, -0.2) is 4.98 Å². The van der Waals surface area contributed by atoms with E-state index >= 15 is 0 Å². The fraction of sp³-hybridized carbons (Fsp3) is 0.154. The maximum Gasteiger partial charge on any atom is 0.219 e. The van der Waals surface area contributed by atoms with Gasteiger partial charge in [-0.3, -0.25) is 0 Å². The molecule has 0 spiro atoms. The molecule has 0 saturated heterocycles. The molecule has 0 saturated carbocycles. The van der Waals surface area contributed by atoms with Crippen molar-refractivity contribution in [3.8, 4) is 0 Å². The summed E-state index contributed by atoms with van der Waals surface area (Å²) in [6.07, 6.45) is 1.83. The van der Waals surface area contributed by atoms with Gasteiger partial charge < -0.3 is 0 Å². The lowest BCUT2D eigenvalue weighted by atomic mass is 10.2. The number of rotatable bonds is 4. The van der Waals surface area contributed by atoms with Crippen LogP contribution in [0.4, 0.5) is 4.39 Å². The van der Waals surface area contributed by atoms with Crippen molar-refractivity contribution in [3.63, 3.8) is 0 Å². The van der Waals surface area contributed by atoms with Crippen LogP contribution in [0.5, 0.6) is 0 Å². The molecule has 2 heterocycles. The molecule has 102 valence electrons. The number of halogens is 1. The van der Waals surface area contributed by atoms with Gasteiger partial charge in [0.1, 0.15) is 0 Å². The normalized spacial score (nSPS) is 11.1. The zero-order valence-corrected chi connectivity index (χ0v) is 12.3. The highest BCUT2D eigenvalue weighted by atomic mass is 32.2. The molecule has 0 radical (unpaired) electrons. The van der Waals surface area contributed by atoms with Crippen LogP contribution in [0.2, 0.25) is 0 Å². The van der Waals surface area contributed by atoms with Crippen molar-refractivity contribution in [3.05, 3.63) is 47.9 Å². The molecule has 0 aliphatic heterocycles. The predicted octanol–water partition coefficient (Wildman–Crippen LogP) is 3.28. The monoisotopic (exact) mass is 306 g/mol. The van der Waals surface area contributed by atoms with E-state index in [1.54, 1.807) is 4.52 Å². The molecule has 3 aromatic rings. The van der Waals surface area contributed by atoms with Crippen LogP contribution in [-0.2, 0) is 5.75 Å². The number of fused-ring (bicyclic) bond motifs is 1. The summed E-state index contributed by atoms with van der Waals surface area (Å²) in [4.78, 5) is 8.12. The van der Waals surface area contributed by atoms with Gasteiger partial charge in [0, 0.05) is 11.8 Å². The van der Waals surface area contributed by atoms with Crippen molar-refractivity contribution in [2.75, 3.05) is 6.26 Å². The van der Waals surface area contributed by atoms with E-state index < -0.39 is 5.95 Å². The quantitative estimate of drug-likeness (QED) is 0.420. The molecule has 0 bridgehead atoms. The maximum atomic E-state index is 13.3. The molecule has 0 unspecified atom stereocenters. The van der Waals surface area contributed by atoms with Gasteiger partial charge in [-0.2, -0.15) is 13.9 Å². The molecule has 0 N–H and O–H groups in total. The summed E-state index contributed by atoms with van der Waals surface area (Å²) in [5.41, 5.74) is 1.68. The second-order valence-electron chi connectivity index (χ2n) is 4.00. The third-order valence-electron chi connectivity index (χ3n) is 2.64. The Bertz CT molecular complexity index is 730. The largest absolute Gasteiger partial charge is 0.219 e. The van der Waals surface area contributed by atoms with Crippen LogP contribution >= 0.6 is 23.5 Å². The molecule has 0 aliphatic carbocycles. The van der Waals surface area contributed by atoms with E-state index in [0.29, 0.717) is 16.0 Å². The first-order valence-corrected chi connectivity index (χ1v) is 8.11. The lowest BCUT2D eigenvalue weighted by Gasteiger charge is -1.98. The molecular weight excluding hydrogens is 295 g/mol. The molecule has 7 heteroatoms. The highest BCUT2D eigenvalue weighted by Crippen LogP contribution is 2.22. The smallest absolute Gasteiger partial charge is 0.201 e. The third kappa shape index (κ3) is 2.78. The average molecular weight is 306 g/mol. The van der Waals surface area contributed by atoms with Crippen molar-refractivity contribution in [2.45, 2.75) is 16.1 Å². The van der Waals surface area contributed by atoms with E-state index in [1.807, 2.05) is 24.5 Å². The van der Waals surface area contributed by atoms with Gasteiger partial charge in [0.2, 0.25) is 11.1 Å². The molecule has 20 heavy (non-hydrogen) atoms. The van der Waals surface area contributed by atoms with Gasteiger partial charge in [-0.15, -0.1) is 5.10 Å². The highest BCUT2D eigenvalue weighted by Gasteiger charge is 2.10. The number of hydrogen-bond donors (Lipinski definition) is 0. The topological polar surface area (TPSA) is 43.1 Å². The standard InChI is InChI=1S/C13H11FN4S2/c1-19-13-15-10(14)7-11-16-12(17-18(11)13)20-8-9-5-3-2-4-6-9/h2-7H,8H2,1H3. The summed E-state index contributed by atoms with van der Waals surface area (Å²) in [6.45, 7) is 0. The van der Waals surface area contributed by atoms with Crippen molar-refractivity contribution >= 4 is 29.2 Å². The second kappa shape index (κ2) is 5.80. The van der Waals surface area contributed by atoms with Crippen LogP contribution in [0.25, 0.3) is 5.65 Å². The summed E-state index contributed by atoms with van der Waals surface area (Å²) in [6, 6.07) is 11.4. The summed E-state index contributed by atoms with van der Waals surface area (Å²) < 4.78 is 14.9. The minimum atomic E-state index is -0.533. The van der Waals surface area contributed by atoms with E-state index in [1.165, 1.54) is 35.2 Å². The van der Waals surface area contributed by atoms with Crippen LogP contribution in [-0.4, -0.2) is 25.8 Å². The number of thioether (sulfide) groups is 2. The van der Waals surface area contributed by atoms with Gasteiger partial charge in [0.05, 0.1) is 0 Å². The predicted molar refractivity (Wildman–Crippen MR) is 78.5 cm³/mol. The fourth-order valence-electron chi connectivity index (χ4n) is 1.73. The summed E-state index contributed by atoms with van der Waals surface area (Å²) >= 11 is 2.86. The first kappa shape index (κ1) is 13.4.